The van der Waals surface area contributed by atoms with Gasteiger partial charge in [0, 0.05) is 12.4 Å². The van der Waals surface area contributed by atoms with Crippen LogP contribution in [-0.4, -0.2) is 33.4 Å². The van der Waals surface area contributed by atoms with Crippen molar-refractivity contribution < 1.29 is 19.1 Å². The predicted octanol–water partition coefficient (Wildman–Crippen LogP) is 3.66. The topological polar surface area (TPSA) is 59.1 Å². The van der Waals surface area contributed by atoms with Gasteiger partial charge in [-0.2, -0.15) is 10.0 Å². The minimum absolute atomic E-state index is 0.695. The second kappa shape index (κ2) is 6.45. The Balaban J connectivity index is 5.09. The van der Waals surface area contributed by atoms with E-state index in [0.717, 1.165) is 22.4 Å². The van der Waals surface area contributed by atoms with E-state index >= 15 is 0 Å². The third-order valence-electron chi connectivity index (χ3n) is 1.74. The molecule has 0 rings (SSSR count). The van der Waals surface area contributed by atoms with Gasteiger partial charge in [-0.05, 0) is 41.5 Å². The van der Waals surface area contributed by atoms with Crippen molar-refractivity contribution in [3.8, 4) is 0 Å². The standard InChI is InChI=1S/C14H24N2O4/c1-9-15(11(17)19-13(3,4)5)16(10-2)12(18)20-14(6,7)8/h9-10H,1-2H2,3-8H3. The van der Waals surface area contributed by atoms with Crippen LogP contribution in [0, 0.1) is 0 Å². The second-order valence-corrected chi connectivity index (χ2v) is 6.01. The maximum Gasteiger partial charge on any atom is 0.434 e. The fourth-order valence-corrected chi connectivity index (χ4v) is 1.12. The Kier molecular flexibility index (Phi) is 5.81. The lowest BCUT2D eigenvalue weighted by Crippen LogP contribution is -2.47. The van der Waals surface area contributed by atoms with Gasteiger partial charge >= 0.3 is 12.2 Å². The Hall–Kier alpha value is -1.98. The summed E-state index contributed by atoms with van der Waals surface area (Å²) < 4.78 is 10.3. The van der Waals surface area contributed by atoms with Gasteiger partial charge < -0.3 is 9.47 Å². The molecule has 0 atom stereocenters. The molecule has 0 aromatic rings. The summed E-state index contributed by atoms with van der Waals surface area (Å²) >= 11 is 0. The van der Waals surface area contributed by atoms with Gasteiger partial charge in [0.1, 0.15) is 11.2 Å². The molecule has 0 aromatic heterocycles. The maximum absolute atomic E-state index is 12.0. The summed E-state index contributed by atoms with van der Waals surface area (Å²) in [5, 5.41) is 1.79. The van der Waals surface area contributed by atoms with Crippen LogP contribution in [-0.2, 0) is 9.47 Å². The second-order valence-electron chi connectivity index (χ2n) is 6.01. The summed E-state index contributed by atoms with van der Waals surface area (Å²) in [5.74, 6) is 0. The van der Waals surface area contributed by atoms with Crippen molar-refractivity contribution in [1.29, 1.82) is 0 Å². The molecule has 0 radical (unpaired) electrons. The molecule has 0 saturated heterocycles. The molecule has 20 heavy (non-hydrogen) atoms. The van der Waals surface area contributed by atoms with Crippen molar-refractivity contribution >= 4 is 12.2 Å². The van der Waals surface area contributed by atoms with Crippen LogP contribution in [0.2, 0.25) is 0 Å². The predicted molar refractivity (Wildman–Crippen MR) is 76.5 cm³/mol. The molecule has 6 heteroatoms. The first-order valence-electron chi connectivity index (χ1n) is 6.20. The van der Waals surface area contributed by atoms with Crippen molar-refractivity contribution in [1.82, 2.24) is 10.0 Å². The molecule has 0 fully saturated rings. The zero-order chi connectivity index (χ0) is 16.1. The van der Waals surface area contributed by atoms with Gasteiger partial charge in [-0.25, -0.2) is 9.59 Å². The van der Waals surface area contributed by atoms with E-state index < -0.39 is 23.4 Å². The van der Waals surface area contributed by atoms with Crippen LogP contribution in [0.4, 0.5) is 9.59 Å². The third kappa shape index (κ3) is 6.26. The lowest BCUT2D eigenvalue weighted by molar-refractivity contribution is -0.0274. The lowest BCUT2D eigenvalue weighted by Gasteiger charge is -2.32. The largest absolute Gasteiger partial charge is 0.442 e. The molecule has 0 unspecified atom stereocenters. The Bertz CT molecular complexity index is 353. The number of ether oxygens (including phenoxy) is 2. The maximum atomic E-state index is 12.0. The first-order valence-corrected chi connectivity index (χ1v) is 6.20. The molecule has 0 bridgehead atoms. The molecular weight excluding hydrogens is 260 g/mol. The quantitative estimate of drug-likeness (QED) is 0.726. The van der Waals surface area contributed by atoms with Crippen LogP contribution in [0.1, 0.15) is 41.5 Å². The van der Waals surface area contributed by atoms with E-state index in [4.69, 9.17) is 9.47 Å². The SMILES string of the molecule is C=CN(C(=O)OC(C)(C)C)N(C=C)C(=O)OC(C)(C)C. The lowest BCUT2D eigenvalue weighted by atomic mass is 10.2. The van der Waals surface area contributed by atoms with Crippen LogP contribution < -0.4 is 0 Å². The van der Waals surface area contributed by atoms with Crippen molar-refractivity contribution in [2.75, 3.05) is 0 Å². The van der Waals surface area contributed by atoms with E-state index in [2.05, 4.69) is 13.2 Å². The van der Waals surface area contributed by atoms with Crippen LogP contribution in [0.3, 0.4) is 0 Å². The number of hydrazine groups is 1. The summed E-state index contributed by atoms with van der Waals surface area (Å²) in [6.07, 6.45) is 0.802. The Morgan fingerprint density at radius 2 is 1.05 bits per heavy atom. The van der Waals surface area contributed by atoms with Gasteiger partial charge in [0.2, 0.25) is 0 Å². The summed E-state index contributed by atoms with van der Waals surface area (Å²) in [4.78, 5) is 24.0. The van der Waals surface area contributed by atoms with Crippen LogP contribution in [0.5, 0.6) is 0 Å². The molecule has 2 amide bonds. The number of hydrogen-bond donors (Lipinski definition) is 0. The summed E-state index contributed by atoms with van der Waals surface area (Å²) in [5.41, 5.74) is -1.39. The summed E-state index contributed by atoms with van der Waals surface area (Å²) in [7, 11) is 0. The fourth-order valence-electron chi connectivity index (χ4n) is 1.12. The highest BCUT2D eigenvalue weighted by Crippen LogP contribution is 2.15. The van der Waals surface area contributed by atoms with Gasteiger partial charge in [0.05, 0.1) is 0 Å². The highest BCUT2D eigenvalue weighted by atomic mass is 16.6. The van der Waals surface area contributed by atoms with E-state index in [1.54, 1.807) is 41.5 Å². The van der Waals surface area contributed by atoms with Crippen molar-refractivity contribution in [2.45, 2.75) is 52.7 Å². The third-order valence-corrected chi connectivity index (χ3v) is 1.74. The first kappa shape index (κ1) is 18.0. The molecular formula is C14H24N2O4. The van der Waals surface area contributed by atoms with E-state index in [1.165, 1.54) is 0 Å². The molecule has 0 spiro atoms. The van der Waals surface area contributed by atoms with E-state index in [-0.39, 0.29) is 0 Å². The molecule has 114 valence electrons. The highest BCUT2D eigenvalue weighted by molar-refractivity contribution is 5.76. The number of hydrogen-bond acceptors (Lipinski definition) is 4. The molecule has 0 aliphatic carbocycles. The monoisotopic (exact) mass is 284 g/mol. The van der Waals surface area contributed by atoms with Crippen LogP contribution in [0.25, 0.3) is 0 Å². The van der Waals surface area contributed by atoms with Crippen molar-refractivity contribution in [2.24, 2.45) is 0 Å². The minimum atomic E-state index is -0.752. The Morgan fingerprint density at radius 1 is 0.800 bits per heavy atom. The highest BCUT2D eigenvalue weighted by Gasteiger charge is 2.30. The van der Waals surface area contributed by atoms with E-state index in [9.17, 15) is 9.59 Å². The minimum Gasteiger partial charge on any atom is -0.442 e. The van der Waals surface area contributed by atoms with Gasteiger partial charge in [-0.1, -0.05) is 13.2 Å². The number of rotatable bonds is 2. The molecule has 0 saturated carbocycles. The summed E-state index contributed by atoms with van der Waals surface area (Å²) in [6, 6.07) is 0. The molecule has 0 aliphatic heterocycles. The number of nitrogens with zero attached hydrogens (tertiary/aromatic N) is 2. The fraction of sp³-hybridized carbons (Fsp3) is 0.571. The van der Waals surface area contributed by atoms with Crippen LogP contribution in [0.15, 0.2) is 25.6 Å². The number of carbonyl (C=O) groups is 2. The zero-order valence-corrected chi connectivity index (χ0v) is 13.1. The van der Waals surface area contributed by atoms with E-state index in [1.807, 2.05) is 0 Å². The summed E-state index contributed by atoms with van der Waals surface area (Å²) in [6.45, 7) is 17.3. The number of amides is 2. The average Bonchev–Trinajstić information content (AvgIpc) is 2.19. The zero-order valence-electron chi connectivity index (χ0n) is 13.1. The van der Waals surface area contributed by atoms with Crippen molar-refractivity contribution in [3.63, 3.8) is 0 Å². The van der Waals surface area contributed by atoms with Gasteiger partial charge in [0.25, 0.3) is 0 Å². The normalized spacial score (nSPS) is 11.3. The average molecular weight is 284 g/mol. The van der Waals surface area contributed by atoms with Gasteiger partial charge in [-0.15, -0.1) is 0 Å². The molecule has 0 aliphatic rings. The van der Waals surface area contributed by atoms with Crippen LogP contribution >= 0.6 is 0 Å². The van der Waals surface area contributed by atoms with Gasteiger partial charge in [-0.3, -0.25) is 0 Å². The smallest absolute Gasteiger partial charge is 0.434 e. The molecule has 0 aromatic carbocycles. The molecule has 0 N–H and O–H groups in total. The number of carbonyl (C=O) groups excluding carboxylic acids is 2. The van der Waals surface area contributed by atoms with E-state index in [0.29, 0.717) is 0 Å². The molecule has 0 heterocycles. The van der Waals surface area contributed by atoms with Gasteiger partial charge in [0.15, 0.2) is 0 Å². The first-order chi connectivity index (χ1) is 8.91. The Morgan fingerprint density at radius 3 is 1.20 bits per heavy atom. The molecule has 6 nitrogen and oxygen atoms in total. The Labute approximate surface area is 120 Å². The van der Waals surface area contributed by atoms with Crippen molar-refractivity contribution in [3.05, 3.63) is 25.6 Å².